The first kappa shape index (κ1) is 14.0. The van der Waals surface area contributed by atoms with Gasteiger partial charge in [0.15, 0.2) is 0 Å². The third kappa shape index (κ3) is 4.39. The Balaban J connectivity index is 2.68. The van der Waals surface area contributed by atoms with Gasteiger partial charge in [0, 0.05) is 6.54 Å². The van der Waals surface area contributed by atoms with Crippen LogP contribution >= 0.6 is 0 Å². The SMILES string of the molecule is CCNCC(Oc1ccc(C)c(C)c1)C(C)C. The zero-order valence-electron chi connectivity index (χ0n) is 11.7. The Bertz CT molecular complexity index is 347. The van der Waals surface area contributed by atoms with Gasteiger partial charge in [-0.25, -0.2) is 0 Å². The average molecular weight is 235 g/mol. The fraction of sp³-hybridized carbons (Fsp3) is 0.600. The second-order valence-electron chi connectivity index (χ2n) is 4.95. The Hall–Kier alpha value is -1.02. The van der Waals surface area contributed by atoms with E-state index < -0.39 is 0 Å². The second-order valence-corrected chi connectivity index (χ2v) is 4.95. The molecular weight excluding hydrogens is 210 g/mol. The predicted molar refractivity (Wildman–Crippen MR) is 73.7 cm³/mol. The first-order chi connectivity index (χ1) is 8.04. The lowest BCUT2D eigenvalue weighted by atomic mass is 10.1. The van der Waals surface area contributed by atoms with Gasteiger partial charge >= 0.3 is 0 Å². The van der Waals surface area contributed by atoms with E-state index in [1.165, 1.54) is 11.1 Å². The lowest BCUT2D eigenvalue weighted by molar-refractivity contribution is 0.149. The molecule has 2 nitrogen and oxygen atoms in total. The second kappa shape index (κ2) is 6.65. The molecule has 0 heterocycles. The van der Waals surface area contributed by atoms with Crippen LogP contribution in [0.25, 0.3) is 0 Å². The summed E-state index contributed by atoms with van der Waals surface area (Å²) in [7, 11) is 0. The molecular formula is C15H25NO. The molecule has 0 amide bonds. The van der Waals surface area contributed by atoms with Gasteiger partial charge in [-0.3, -0.25) is 0 Å². The zero-order chi connectivity index (χ0) is 12.8. The molecule has 1 unspecified atom stereocenters. The van der Waals surface area contributed by atoms with Gasteiger partial charge in [0.1, 0.15) is 11.9 Å². The molecule has 2 heteroatoms. The molecule has 1 aromatic carbocycles. The average Bonchev–Trinajstić information content (AvgIpc) is 2.28. The number of likely N-dealkylation sites (N-methyl/N-ethyl adjacent to an activating group) is 1. The van der Waals surface area contributed by atoms with Gasteiger partial charge in [-0.1, -0.05) is 26.8 Å². The first-order valence-electron chi connectivity index (χ1n) is 6.49. The number of ether oxygens (including phenoxy) is 1. The molecule has 1 atom stereocenters. The van der Waals surface area contributed by atoms with Crippen LogP contribution in [0.5, 0.6) is 5.75 Å². The van der Waals surface area contributed by atoms with E-state index in [0.717, 1.165) is 18.8 Å². The third-order valence-corrected chi connectivity index (χ3v) is 3.10. The van der Waals surface area contributed by atoms with Crippen molar-refractivity contribution in [1.29, 1.82) is 0 Å². The molecule has 0 fully saturated rings. The smallest absolute Gasteiger partial charge is 0.120 e. The van der Waals surface area contributed by atoms with Crippen LogP contribution in [-0.2, 0) is 0 Å². The molecule has 0 saturated carbocycles. The molecule has 0 saturated heterocycles. The van der Waals surface area contributed by atoms with Crippen molar-refractivity contribution in [1.82, 2.24) is 5.32 Å². The van der Waals surface area contributed by atoms with Crippen molar-refractivity contribution in [2.45, 2.75) is 40.7 Å². The molecule has 96 valence electrons. The summed E-state index contributed by atoms with van der Waals surface area (Å²) < 4.78 is 6.05. The van der Waals surface area contributed by atoms with Crippen molar-refractivity contribution in [3.05, 3.63) is 29.3 Å². The Labute approximate surface area is 105 Å². The molecule has 0 bridgehead atoms. The van der Waals surface area contributed by atoms with Crippen LogP contribution in [0.15, 0.2) is 18.2 Å². The van der Waals surface area contributed by atoms with Crippen LogP contribution in [-0.4, -0.2) is 19.2 Å². The fourth-order valence-corrected chi connectivity index (χ4v) is 1.66. The number of rotatable bonds is 6. The monoisotopic (exact) mass is 235 g/mol. The Morgan fingerprint density at radius 2 is 1.88 bits per heavy atom. The molecule has 1 N–H and O–H groups in total. The van der Waals surface area contributed by atoms with Crippen LogP contribution in [0.4, 0.5) is 0 Å². The van der Waals surface area contributed by atoms with Crippen molar-refractivity contribution in [3.63, 3.8) is 0 Å². The van der Waals surface area contributed by atoms with Gasteiger partial charge in [0.2, 0.25) is 0 Å². The van der Waals surface area contributed by atoms with E-state index in [1.54, 1.807) is 0 Å². The lowest BCUT2D eigenvalue weighted by Gasteiger charge is -2.23. The highest BCUT2D eigenvalue weighted by atomic mass is 16.5. The lowest BCUT2D eigenvalue weighted by Crippen LogP contribution is -2.35. The van der Waals surface area contributed by atoms with E-state index in [2.05, 4.69) is 58.1 Å². The quantitative estimate of drug-likeness (QED) is 0.816. The third-order valence-electron chi connectivity index (χ3n) is 3.10. The molecule has 0 aliphatic carbocycles. The van der Waals surface area contributed by atoms with Gasteiger partial charge in [-0.05, 0) is 49.6 Å². The van der Waals surface area contributed by atoms with Crippen LogP contribution in [0, 0.1) is 19.8 Å². The van der Waals surface area contributed by atoms with Crippen molar-refractivity contribution in [2.75, 3.05) is 13.1 Å². The molecule has 0 aliphatic rings. The van der Waals surface area contributed by atoms with Gasteiger partial charge < -0.3 is 10.1 Å². The normalized spacial score (nSPS) is 12.8. The van der Waals surface area contributed by atoms with E-state index in [9.17, 15) is 0 Å². The minimum atomic E-state index is 0.233. The highest BCUT2D eigenvalue weighted by Gasteiger charge is 2.14. The molecule has 1 aromatic rings. The summed E-state index contributed by atoms with van der Waals surface area (Å²) in [5.41, 5.74) is 2.60. The van der Waals surface area contributed by atoms with E-state index >= 15 is 0 Å². The molecule has 0 aliphatic heterocycles. The standard InChI is InChI=1S/C15H25NO/c1-6-16-10-15(11(2)3)17-14-8-7-12(4)13(5)9-14/h7-9,11,15-16H,6,10H2,1-5H3. The summed E-state index contributed by atoms with van der Waals surface area (Å²) in [6.45, 7) is 12.6. The number of nitrogens with one attached hydrogen (secondary N) is 1. The highest BCUT2D eigenvalue weighted by Crippen LogP contribution is 2.19. The predicted octanol–water partition coefficient (Wildman–Crippen LogP) is 3.32. The zero-order valence-corrected chi connectivity index (χ0v) is 11.7. The van der Waals surface area contributed by atoms with Crippen LogP contribution in [0.3, 0.4) is 0 Å². The number of benzene rings is 1. The van der Waals surface area contributed by atoms with Crippen LogP contribution in [0.2, 0.25) is 0 Å². The molecule has 1 rings (SSSR count). The van der Waals surface area contributed by atoms with E-state index in [-0.39, 0.29) is 6.10 Å². The largest absolute Gasteiger partial charge is 0.489 e. The summed E-state index contributed by atoms with van der Waals surface area (Å²) in [6.07, 6.45) is 0.233. The van der Waals surface area contributed by atoms with Gasteiger partial charge in [0.25, 0.3) is 0 Å². The van der Waals surface area contributed by atoms with Crippen LogP contribution in [0.1, 0.15) is 31.9 Å². The van der Waals surface area contributed by atoms with E-state index in [1.807, 2.05) is 0 Å². The van der Waals surface area contributed by atoms with Crippen molar-refractivity contribution in [3.8, 4) is 5.75 Å². The Morgan fingerprint density at radius 3 is 2.41 bits per heavy atom. The van der Waals surface area contributed by atoms with Crippen molar-refractivity contribution >= 4 is 0 Å². The maximum Gasteiger partial charge on any atom is 0.120 e. The van der Waals surface area contributed by atoms with E-state index in [4.69, 9.17) is 4.74 Å². The number of hydrogen-bond acceptors (Lipinski definition) is 2. The fourth-order valence-electron chi connectivity index (χ4n) is 1.66. The molecule has 0 radical (unpaired) electrons. The highest BCUT2D eigenvalue weighted by molar-refractivity contribution is 5.33. The van der Waals surface area contributed by atoms with Gasteiger partial charge in [0.05, 0.1) is 0 Å². The Morgan fingerprint density at radius 1 is 1.18 bits per heavy atom. The number of aryl methyl sites for hydroxylation is 2. The minimum Gasteiger partial charge on any atom is -0.489 e. The summed E-state index contributed by atoms with van der Waals surface area (Å²) in [6, 6.07) is 6.30. The topological polar surface area (TPSA) is 21.3 Å². The summed E-state index contributed by atoms with van der Waals surface area (Å²) in [5.74, 6) is 1.49. The summed E-state index contributed by atoms with van der Waals surface area (Å²) in [4.78, 5) is 0. The van der Waals surface area contributed by atoms with E-state index in [0.29, 0.717) is 5.92 Å². The molecule has 17 heavy (non-hydrogen) atoms. The maximum atomic E-state index is 6.05. The van der Waals surface area contributed by atoms with Crippen molar-refractivity contribution in [2.24, 2.45) is 5.92 Å². The van der Waals surface area contributed by atoms with Crippen molar-refractivity contribution < 1.29 is 4.74 Å². The first-order valence-corrected chi connectivity index (χ1v) is 6.49. The number of hydrogen-bond donors (Lipinski definition) is 1. The summed E-state index contributed by atoms with van der Waals surface area (Å²) >= 11 is 0. The minimum absolute atomic E-state index is 0.233. The van der Waals surface area contributed by atoms with Crippen LogP contribution < -0.4 is 10.1 Å². The summed E-state index contributed by atoms with van der Waals surface area (Å²) in [5, 5.41) is 3.35. The molecule has 0 aromatic heterocycles. The Kier molecular flexibility index (Phi) is 5.49. The van der Waals surface area contributed by atoms with Gasteiger partial charge in [-0.2, -0.15) is 0 Å². The maximum absolute atomic E-state index is 6.05. The molecule has 0 spiro atoms. The van der Waals surface area contributed by atoms with Gasteiger partial charge in [-0.15, -0.1) is 0 Å².